The minimum absolute atomic E-state index is 0.543. The fourth-order valence-electron chi connectivity index (χ4n) is 5.56. The normalized spacial score (nSPS) is 20.0. The van der Waals surface area contributed by atoms with Crippen LogP contribution in [0.1, 0.15) is 58.4 Å². The van der Waals surface area contributed by atoms with Crippen LogP contribution < -0.4 is 5.32 Å². The first-order valence-electron chi connectivity index (χ1n) is 13.1. The van der Waals surface area contributed by atoms with Gasteiger partial charge in [-0.3, -0.25) is 0 Å². The van der Waals surface area contributed by atoms with Crippen LogP contribution in [0.15, 0.2) is 55.1 Å². The summed E-state index contributed by atoms with van der Waals surface area (Å²) >= 11 is 0. The van der Waals surface area contributed by atoms with E-state index in [2.05, 4.69) is 77.2 Å². The van der Waals surface area contributed by atoms with Crippen molar-refractivity contribution in [1.82, 2.24) is 9.80 Å². The zero-order valence-corrected chi connectivity index (χ0v) is 21.3. The summed E-state index contributed by atoms with van der Waals surface area (Å²) < 4.78 is 13.9. The van der Waals surface area contributed by atoms with Crippen LogP contribution in [0, 0.1) is 5.92 Å². The van der Waals surface area contributed by atoms with Gasteiger partial charge in [-0.15, -0.1) is 0 Å². The molecule has 2 fully saturated rings. The number of halogens is 1. The highest BCUT2D eigenvalue weighted by Crippen LogP contribution is 2.30. The third kappa shape index (κ3) is 6.41. The Morgan fingerprint density at radius 2 is 1.59 bits per heavy atom. The van der Waals surface area contributed by atoms with Crippen LogP contribution in [0.5, 0.6) is 0 Å². The summed E-state index contributed by atoms with van der Waals surface area (Å²) in [5.74, 6) is 0.655. The van der Waals surface area contributed by atoms with Crippen molar-refractivity contribution >= 4 is 11.4 Å². The van der Waals surface area contributed by atoms with Crippen LogP contribution in [-0.4, -0.2) is 54.2 Å². The molecule has 0 saturated carbocycles. The summed E-state index contributed by atoms with van der Waals surface area (Å²) in [4.78, 5) is 4.75. The molecule has 1 N–H and O–H groups in total. The van der Waals surface area contributed by atoms with Crippen molar-refractivity contribution in [3.05, 3.63) is 60.7 Å². The lowest BCUT2D eigenvalue weighted by Gasteiger charge is -2.34. The summed E-state index contributed by atoms with van der Waals surface area (Å²) in [6, 6.07) is 18.3. The van der Waals surface area contributed by atoms with Gasteiger partial charge in [0.2, 0.25) is 0 Å². The Hall–Kier alpha value is -2.33. The van der Waals surface area contributed by atoms with Gasteiger partial charge in [0.25, 0.3) is 0 Å². The lowest BCUT2D eigenvalue weighted by Crippen LogP contribution is -2.42. The van der Waals surface area contributed by atoms with Gasteiger partial charge in [-0.1, -0.05) is 49.9 Å². The van der Waals surface area contributed by atoms with E-state index in [9.17, 15) is 4.39 Å². The minimum Gasteiger partial charge on any atom is -0.385 e. The van der Waals surface area contributed by atoms with Crippen LogP contribution in [-0.2, 0) is 0 Å². The average molecular weight is 464 g/mol. The molecule has 2 aliphatic rings. The van der Waals surface area contributed by atoms with Gasteiger partial charge in [0, 0.05) is 37.1 Å². The summed E-state index contributed by atoms with van der Waals surface area (Å²) in [5.41, 5.74) is 4.92. The van der Waals surface area contributed by atoms with Crippen molar-refractivity contribution in [2.24, 2.45) is 5.92 Å². The molecular weight excluding hydrogens is 421 g/mol. The van der Waals surface area contributed by atoms with Gasteiger partial charge in [-0.25, -0.2) is 4.39 Å². The Morgan fingerprint density at radius 1 is 0.971 bits per heavy atom. The number of alkyl halides is 1. The van der Waals surface area contributed by atoms with E-state index in [1.165, 1.54) is 41.6 Å². The largest absolute Gasteiger partial charge is 0.385 e. The van der Waals surface area contributed by atoms with Crippen LogP contribution in [0.3, 0.4) is 0 Å². The monoisotopic (exact) mass is 463 g/mol. The van der Waals surface area contributed by atoms with Crippen LogP contribution in [0.25, 0.3) is 16.8 Å². The molecule has 2 aromatic carbocycles. The number of hydrogen-bond donors (Lipinski definition) is 1. The van der Waals surface area contributed by atoms with Crippen LogP contribution in [0.2, 0.25) is 0 Å². The fraction of sp³-hybridized carbons (Fsp3) is 0.533. The van der Waals surface area contributed by atoms with Crippen molar-refractivity contribution in [3.63, 3.8) is 0 Å². The molecule has 0 amide bonds. The Morgan fingerprint density at radius 3 is 2.18 bits per heavy atom. The first-order chi connectivity index (χ1) is 16.3. The van der Waals surface area contributed by atoms with E-state index in [0.717, 1.165) is 44.7 Å². The molecule has 1 atom stereocenters. The van der Waals surface area contributed by atoms with Gasteiger partial charge in [0.1, 0.15) is 5.67 Å². The molecule has 4 rings (SSSR count). The third-order valence-electron chi connectivity index (χ3n) is 7.53. The molecule has 2 heterocycles. The molecule has 4 heteroatoms. The highest BCUT2D eigenvalue weighted by Gasteiger charge is 2.25. The molecule has 0 aromatic heterocycles. The van der Waals surface area contributed by atoms with E-state index in [1.807, 2.05) is 0 Å². The standard InChI is InChI=1S/C30H42FN3/c1-5-29-7-6-18-34(29)23(2)25-8-10-26(11-9-25)27-12-14-28(15-13-27)32-21-24-16-19-33(20-17-24)22-30(3,4)31/h8-15,24,29,32H,2,5-7,16-22H2,1,3-4H3. The predicted molar refractivity (Wildman–Crippen MR) is 144 cm³/mol. The molecule has 2 aliphatic heterocycles. The number of rotatable bonds is 9. The number of likely N-dealkylation sites (tertiary alicyclic amines) is 2. The van der Waals surface area contributed by atoms with Gasteiger partial charge in [-0.2, -0.15) is 0 Å². The van der Waals surface area contributed by atoms with Gasteiger partial charge in [0.15, 0.2) is 0 Å². The smallest absolute Gasteiger partial charge is 0.118 e. The van der Waals surface area contributed by atoms with E-state index in [0.29, 0.717) is 18.5 Å². The summed E-state index contributed by atoms with van der Waals surface area (Å²) in [6.07, 6.45) is 6.01. The van der Waals surface area contributed by atoms with Gasteiger partial charge >= 0.3 is 0 Å². The van der Waals surface area contributed by atoms with Crippen LogP contribution >= 0.6 is 0 Å². The fourth-order valence-corrected chi connectivity index (χ4v) is 5.56. The van der Waals surface area contributed by atoms with E-state index in [4.69, 9.17) is 0 Å². The van der Waals surface area contributed by atoms with Crippen molar-refractivity contribution in [3.8, 4) is 11.1 Å². The van der Waals surface area contributed by atoms with Gasteiger partial charge < -0.3 is 15.1 Å². The van der Waals surface area contributed by atoms with E-state index in [-0.39, 0.29) is 0 Å². The second-order valence-electron chi connectivity index (χ2n) is 10.8. The van der Waals surface area contributed by atoms with Crippen molar-refractivity contribution < 1.29 is 4.39 Å². The lowest BCUT2D eigenvalue weighted by atomic mass is 9.95. The maximum absolute atomic E-state index is 13.9. The molecule has 2 saturated heterocycles. The molecule has 2 aromatic rings. The SMILES string of the molecule is C=C(c1ccc(-c2ccc(NCC3CCN(CC(C)(C)F)CC3)cc2)cc1)N1CCCC1CC. The average Bonchev–Trinajstić information content (AvgIpc) is 3.32. The summed E-state index contributed by atoms with van der Waals surface area (Å²) in [6.45, 7) is 14.7. The predicted octanol–water partition coefficient (Wildman–Crippen LogP) is 7.07. The zero-order valence-electron chi connectivity index (χ0n) is 21.3. The van der Waals surface area contributed by atoms with Crippen molar-refractivity contribution in [1.29, 1.82) is 0 Å². The minimum atomic E-state index is -1.10. The van der Waals surface area contributed by atoms with E-state index < -0.39 is 5.67 Å². The molecule has 0 bridgehead atoms. The number of nitrogens with one attached hydrogen (secondary N) is 1. The number of benzene rings is 2. The zero-order chi connectivity index (χ0) is 24.1. The van der Waals surface area contributed by atoms with Crippen molar-refractivity contribution in [2.45, 2.75) is 64.6 Å². The number of nitrogens with zero attached hydrogens (tertiary/aromatic N) is 2. The molecule has 3 nitrogen and oxygen atoms in total. The molecule has 184 valence electrons. The Labute approximate surface area is 206 Å². The molecular formula is C30H42FN3. The molecule has 0 radical (unpaired) electrons. The first kappa shape index (κ1) is 24.8. The van der Waals surface area contributed by atoms with Crippen molar-refractivity contribution in [2.75, 3.05) is 38.0 Å². The Kier molecular flexibility index (Phi) is 7.98. The lowest BCUT2D eigenvalue weighted by molar-refractivity contribution is 0.0977. The number of hydrogen-bond acceptors (Lipinski definition) is 3. The molecule has 1 unspecified atom stereocenters. The topological polar surface area (TPSA) is 18.5 Å². The van der Waals surface area contributed by atoms with Crippen LogP contribution in [0.4, 0.5) is 10.1 Å². The highest BCUT2D eigenvalue weighted by atomic mass is 19.1. The molecule has 34 heavy (non-hydrogen) atoms. The summed E-state index contributed by atoms with van der Waals surface area (Å²) in [7, 11) is 0. The van der Waals surface area contributed by atoms with E-state index in [1.54, 1.807) is 13.8 Å². The Bertz CT molecular complexity index is 921. The third-order valence-corrected chi connectivity index (χ3v) is 7.53. The molecule has 0 spiro atoms. The second-order valence-corrected chi connectivity index (χ2v) is 10.8. The maximum Gasteiger partial charge on any atom is 0.118 e. The first-order valence-corrected chi connectivity index (χ1v) is 13.1. The second kappa shape index (κ2) is 10.9. The Balaban J connectivity index is 1.27. The number of anilines is 1. The molecule has 0 aliphatic carbocycles. The summed E-state index contributed by atoms with van der Waals surface area (Å²) in [5, 5.41) is 3.61. The quantitative estimate of drug-likeness (QED) is 0.429. The number of piperidine rings is 1. The van der Waals surface area contributed by atoms with Gasteiger partial charge in [0.05, 0.1) is 0 Å². The maximum atomic E-state index is 13.9. The van der Waals surface area contributed by atoms with Gasteiger partial charge in [-0.05, 0) is 93.8 Å². The highest BCUT2D eigenvalue weighted by molar-refractivity contribution is 5.70. The van der Waals surface area contributed by atoms with E-state index >= 15 is 0 Å².